The highest BCUT2D eigenvalue weighted by molar-refractivity contribution is 6.30. The van der Waals surface area contributed by atoms with Gasteiger partial charge in [0.1, 0.15) is 0 Å². The van der Waals surface area contributed by atoms with E-state index in [1.54, 1.807) is 6.07 Å². The minimum Gasteiger partial charge on any atom is -0.0843 e. The van der Waals surface area contributed by atoms with Gasteiger partial charge >= 0.3 is 0 Å². The van der Waals surface area contributed by atoms with Gasteiger partial charge in [-0.25, -0.2) is 0 Å². The number of hydrogen-bond donors (Lipinski definition) is 0. The Morgan fingerprint density at radius 3 is 2.80 bits per heavy atom. The molecule has 10 heavy (non-hydrogen) atoms. The van der Waals surface area contributed by atoms with Gasteiger partial charge in [0.25, 0.3) is 0 Å². The molecule has 0 saturated heterocycles. The van der Waals surface area contributed by atoms with E-state index in [1.165, 1.54) is 18.4 Å². The summed E-state index contributed by atoms with van der Waals surface area (Å²) >= 11 is 5.79. The third kappa shape index (κ3) is 1.17. The van der Waals surface area contributed by atoms with Crippen molar-refractivity contribution >= 4 is 11.6 Å². The molecule has 1 heteroatoms. The Bertz CT molecular complexity index is 238. The first-order valence-corrected chi connectivity index (χ1v) is 3.90. The Morgan fingerprint density at radius 1 is 1.40 bits per heavy atom. The Morgan fingerprint density at radius 2 is 2.20 bits per heavy atom. The average molecular weight is 152 g/mol. The number of rotatable bonds is 1. The maximum atomic E-state index is 5.79. The van der Waals surface area contributed by atoms with Crippen molar-refractivity contribution in [2.24, 2.45) is 0 Å². The Labute approximate surface area is 65.8 Å². The van der Waals surface area contributed by atoms with Crippen molar-refractivity contribution in [3.05, 3.63) is 34.9 Å². The van der Waals surface area contributed by atoms with Crippen molar-refractivity contribution in [1.29, 1.82) is 0 Å². The molecule has 0 amide bonds. The lowest BCUT2D eigenvalue weighted by Crippen LogP contribution is -1.76. The molecule has 1 aliphatic rings. The summed E-state index contributed by atoms with van der Waals surface area (Å²) in [5.74, 6) is 0.787. The van der Waals surface area contributed by atoms with Gasteiger partial charge in [-0.3, -0.25) is 0 Å². The largest absolute Gasteiger partial charge is 0.0843 e. The Balaban J connectivity index is 2.32. The minimum absolute atomic E-state index is 0.787. The van der Waals surface area contributed by atoms with Crippen LogP contribution in [0.25, 0.3) is 0 Å². The van der Waals surface area contributed by atoms with Gasteiger partial charge in [0, 0.05) is 5.02 Å². The molecule has 0 heterocycles. The highest BCUT2D eigenvalue weighted by atomic mass is 35.5. The predicted molar refractivity (Wildman–Crippen MR) is 42.3 cm³/mol. The van der Waals surface area contributed by atoms with Gasteiger partial charge < -0.3 is 0 Å². The van der Waals surface area contributed by atoms with Crippen LogP contribution >= 0.6 is 11.6 Å². The van der Waals surface area contributed by atoms with Crippen LogP contribution in [0, 0.1) is 6.07 Å². The fourth-order valence-corrected chi connectivity index (χ4v) is 1.30. The van der Waals surface area contributed by atoms with Crippen molar-refractivity contribution in [3.63, 3.8) is 0 Å². The third-order valence-corrected chi connectivity index (χ3v) is 2.04. The Kier molecular flexibility index (Phi) is 1.42. The van der Waals surface area contributed by atoms with E-state index in [4.69, 9.17) is 11.6 Å². The maximum Gasteiger partial charge on any atom is 0.0415 e. The van der Waals surface area contributed by atoms with Gasteiger partial charge in [0.2, 0.25) is 0 Å². The first-order valence-electron chi connectivity index (χ1n) is 3.53. The zero-order chi connectivity index (χ0) is 6.97. The fourth-order valence-electron chi connectivity index (χ4n) is 1.11. The van der Waals surface area contributed by atoms with Crippen LogP contribution in [0.1, 0.15) is 24.3 Å². The molecule has 1 radical (unpaired) electrons. The lowest BCUT2D eigenvalue weighted by atomic mass is 10.1. The van der Waals surface area contributed by atoms with Crippen molar-refractivity contribution in [2.45, 2.75) is 18.8 Å². The fraction of sp³-hybridized carbons (Fsp3) is 0.333. The van der Waals surface area contributed by atoms with Crippen molar-refractivity contribution in [3.8, 4) is 0 Å². The van der Waals surface area contributed by atoms with Gasteiger partial charge in [-0.15, -0.1) is 0 Å². The van der Waals surface area contributed by atoms with Crippen LogP contribution in [0.4, 0.5) is 0 Å². The summed E-state index contributed by atoms with van der Waals surface area (Å²) in [7, 11) is 0. The standard InChI is InChI=1S/C9H8Cl/c10-9-3-1-2-8(6-9)7-4-5-7/h2-3,6-7H,4-5H2. The van der Waals surface area contributed by atoms with Gasteiger partial charge in [-0.1, -0.05) is 17.7 Å². The third-order valence-electron chi connectivity index (χ3n) is 1.82. The van der Waals surface area contributed by atoms with Gasteiger partial charge in [-0.2, -0.15) is 0 Å². The van der Waals surface area contributed by atoms with Crippen LogP contribution in [0.2, 0.25) is 5.02 Å². The maximum absolute atomic E-state index is 5.79. The molecule has 0 aliphatic heterocycles. The minimum atomic E-state index is 0.787. The van der Waals surface area contributed by atoms with Crippen LogP contribution in [-0.4, -0.2) is 0 Å². The lowest BCUT2D eigenvalue weighted by molar-refractivity contribution is 1.13. The van der Waals surface area contributed by atoms with Gasteiger partial charge in [0.15, 0.2) is 0 Å². The van der Waals surface area contributed by atoms with Crippen molar-refractivity contribution < 1.29 is 0 Å². The second kappa shape index (κ2) is 2.28. The summed E-state index contributed by atoms with van der Waals surface area (Å²) in [4.78, 5) is 0. The molecule has 0 nitrogen and oxygen atoms in total. The Hall–Kier alpha value is -0.490. The summed E-state index contributed by atoms with van der Waals surface area (Å²) < 4.78 is 0. The summed E-state index contributed by atoms with van der Waals surface area (Å²) in [5, 5.41) is 0.810. The summed E-state index contributed by atoms with van der Waals surface area (Å²) in [6.45, 7) is 0. The monoisotopic (exact) mass is 151 g/mol. The van der Waals surface area contributed by atoms with Crippen LogP contribution in [0.15, 0.2) is 18.2 Å². The zero-order valence-electron chi connectivity index (χ0n) is 5.60. The molecular weight excluding hydrogens is 144 g/mol. The second-order valence-electron chi connectivity index (χ2n) is 2.76. The number of benzene rings is 1. The van der Waals surface area contributed by atoms with E-state index in [-0.39, 0.29) is 0 Å². The summed E-state index contributed by atoms with van der Waals surface area (Å²) in [6.07, 6.45) is 2.66. The van der Waals surface area contributed by atoms with E-state index in [0.717, 1.165) is 10.9 Å². The normalized spacial score (nSPS) is 17.3. The van der Waals surface area contributed by atoms with Crippen LogP contribution in [0.3, 0.4) is 0 Å². The topological polar surface area (TPSA) is 0 Å². The lowest BCUT2D eigenvalue weighted by Gasteiger charge is -1.95. The molecule has 1 aromatic carbocycles. The number of halogens is 1. The molecule has 0 aromatic heterocycles. The van der Waals surface area contributed by atoms with Gasteiger partial charge in [0.05, 0.1) is 0 Å². The van der Waals surface area contributed by atoms with Crippen LogP contribution < -0.4 is 0 Å². The molecule has 0 bridgehead atoms. The molecule has 1 fully saturated rings. The average Bonchev–Trinajstić information content (AvgIpc) is 2.68. The van der Waals surface area contributed by atoms with E-state index in [1.807, 2.05) is 12.1 Å². The van der Waals surface area contributed by atoms with Gasteiger partial charge in [-0.05, 0) is 42.5 Å². The molecule has 0 spiro atoms. The molecule has 51 valence electrons. The second-order valence-corrected chi connectivity index (χ2v) is 3.20. The van der Waals surface area contributed by atoms with E-state index in [0.29, 0.717) is 0 Å². The molecule has 1 aliphatic carbocycles. The van der Waals surface area contributed by atoms with Crippen molar-refractivity contribution in [2.75, 3.05) is 0 Å². The summed E-state index contributed by atoms with van der Waals surface area (Å²) in [6, 6.07) is 8.89. The van der Waals surface area contributed by atoms with E-state index >= 15 is 0 Å². The highest BCUT2D eigenvalue weighted by Gasteiger charge is 2.23. The van der Waals surface area contributed by atoms with Crippen LogP contribution in [-0.2, 0) is 0 Å². The number of hydrogen-bond acceptors (Lipinski definition) is 0. The molecule has 0 unspecified atom stereocenters. The quantitative estimate of drug-likeness (QED) is 0.579. The predicted octanol–water partition coefficient (Wildman–Crippen LogP) is 3.02. The van der Waals surface area contributed by atoms with Crippen LogP contribution in [0.5, 0.6) is 0 Å². The van der Waals surface area contributed by atoms with E-state index < -0.39 is 0 Å². The molecule has 1 aromatic rings. The van der Waals surface area contributed by atoms with Crippen molar-refractivity contribution in [1.82, 2.24) is 0 Å². The smallest absolute Gasteiger partial charge is 0.0415 e. The molecule has 2 rings (SSSR count). The first-order chi connectivity index (χ1) is 4.86. The van der Waals surface area contributed by atoms with E-state index in [2.05, 4.69) is 6.07 Å². The molecular formula is C9H8Cl. The first kappa shape index (κ1) is 6.23. The highest BCUT2D eigenvalue weighted by Crippen LogP contribution is 2.40. The summed E-state index contributed by atoms with van der Waals surface area (Å²) in [5.41, 5.74) is 1.35. The van der Waals surface area contributed by atoms with E-state index in [9.17, 15) is 0 Å². The SMILES string of the molecule is Clc1c[c]cc(C2CC2)c1. The molecule has 0 N–H and O–H groups in total. The molecule has 0 atom stereocenters. The zero-order valence-corrected chi connectivity index (χ0v) is 6.36. The molecule has 1 saturated carbocycles.